The molecule has 2 aromatic rings. The summed E-state index contributed by atoms with van der Waals surface area (Å²) in [5.74, 6) is 0.373. The number of benzene rings is 1. The Morgan fingerprint density at radius 3 is 2.79 bits per heavy atom. The lowest BCUT2D eigenvalue weighted by Crippen LogP contribution is -2.58. The van der Waals surface area contributed by atoms with Gasteiger partial charge < -0.3 is 14.6 Å². The molecular weight excluding hydrogens is 306 g/mol. The molecule has 2 heterocycles. The maximum atomic E-state index is 12.9. The molecule has 6 nitrogen and oxygen atoms in total. The molecule has 24 heavy (non-hydrogen) atoms. The molecule has 0 bridgehead atoms. The van der Waals surface area contributed by atoms with Crippen LogP contribution in [0.3, 0.4) is 0 Å². The van der Waals surface area contributed by atoms with Crippen molar-refractivity contribution in [3.63, 3.8) is 0 Å². The van der Waals surface area contributed by atoms with Crippen LogP contribution in [0.2, 0.25) is 0 Å². The summed E-state index contributed by atoms with van der Waals surface area (Å²) < 4.78 is 5.58. The monoisotopic (exact) mass is 327 g/mol. The zero-order valence-corrected chi connectivity index (χ0v) is 13.9. The number of hydrogen-bond donors (Lipinski definition) is 1. The number of hydrogen-bond acceptors (Lipinski definition) is 4. The molecule has 0 aliphatic carbocycles. The first-order valence-corrected chi connectivity index (χ1v) is 8.19. The Balaban J connectivity index is 1.86. The summed E-state index contributed by atoms with van der Waals surface area (Å²) in [5, 5.41) is 2.84. The Bertz CT molecular complexity index is 739. The van der Waals surface area contributed by atoms with Gasteiger partial charge in [-0.15, -0.1) is 0 Å². The Morgan fingerprint density at radius 1 is 1.38 bits per heavy atom. The highest BCUT2D eigenvalue weighted by atomic mass is 16.4. The van der Waals surface area contributed by atoms with E-state index in [0.29, 0.717) is 37.5 Å². The van der Waals surface area contributed by atoms with Gasteiger partial charge in [-0.1, -0.05) is 37.3 Å². The highest BCUT2D eigenvalue weighted by Crippen LogP contribution is 2.19. The molecule has 2 amide bonds. The van der Waals surface area contributed by atoms with Crippen molar-refractivity contribution in [1.29, 1.82) is 0 Å². The van der Waals surface area contributed by atoms with Crippen LogP contribution in [-0.4, -0.2) is 40.8 Å². The molecule has 1 aromatic carbocycles. The molecule has 1 atom stereocenters. The molecule has 126 valence electrons. The van der Waals surface area contributed by atoms with E-state index in [2.05, 4.69) is 10.3 Å². The zero-order valence-electron chi connectivity index (χ0n) is 13.9. The Labute approximate surface area is 140 Å². The summed E-state index contributed by atoms with van der Waals surface area (Å²) in [4.78, 5) is 31.1. The van der Waals surface area contributed by atoms with Gasteiger partial charge in [-0.25, -0.2) is 4.98 Å². The molecule has 1 aliphatic rings. The van der Waals surface area contributed by atoms with Gasteiger partial charge in [0.05, 0.1) is 5.69 Å². The highest BCUT2D eigenvalue weighted by Gasteiger charge is 2.35. The first-order chi connectivity index (χ1) is 11.6. The molecule has 6 heteroatoms. The lowest BCUT2D eigenvalue weighted by atomic mass is 10.0. The minimum Gasteiger partial charge on any atom is -0.435 e. The number of nitrogens with one attached hydrogen (secondary N) is 1. The number of carbonyl (C=O) groups excluding carboxylic acids is 2. The maximum absolute atomic E-state index is 12.9. The summed E-state index contributed by atoms with van der Waals surface area (Å²) in [5.41, 5.74) is 1.59. The Hall–Kier alpha value is -2.63. The van der Waals surface area contributed by atoms with E-state index >= 15 is 0 Å². The second-order valence-corrected chi connectivity index (χ2v) is 5.87. The number of nitrogens with zero attached hydrogens (tertiary/aromatic N) is 2. The molecule has 0 saturated carbocycles. The predicted molar refractivity (Wildman–Crippen MR) is 88.6 cm³/mol. The second-order valence-electron chi connectivity index (χ2n) is 5.87. The average molecular weight is 327 g/mol. The van der Waals surface area contributed by atoms with E-state index in [-0.39, 0.29) is 17.6 Å². The fourth-order valence-electron chi connectivity index (χ4n) is 2.93. The number of amides is 2. The van der Waals surface area contributed by atoms with Crippen molar-refractivity contribution in [2.45, 2.75) is 32.7 Å². The topological polar surface area (TPSA) is 75.4 Å². The van der Waals surface area contributed by atoms with Crippen molar-refractivity contribution in [1.82, 2.24) is 15.2 Å². The van der Waals surface area contributed by atoms with Crippen molar-refractivity contribution in [2.24, 2.45) is 0 Å². The van der Waals surface area contributed by atoms with Crippen LogP contribution in [0.15, 0.2) is 34.7 Å². The molecule has 3 rings (SSSR count). The molecular formula is C18H21N3O3. The Kier molecular flexibility index (Phi) is 4.64. The highest BCUT2D eigenvalue weighted by molar-refractivity contribution is 5.97. The van der Waals surface area contributed by atoms with Crippen LogP contribution < -0.4 is 5.32 Å². The van der Waals surface area contributed by atoms with Crippen LogP contribution in [-0.2, 0) is 17.6 Å². The molecule has 1 aliphatic heterocycles. The molecule has 0 radical (unpaired) electrons. The van der Waals surface area contributed by atoms with Crippen LogP contribution in [0.1, 0.15) is 34.6 Å². The standard InChI is InChI=1S/C18H21N3O3/c1-3-15-20-12(2)16(24-15)18(23)21-10-9-19-17(22)14(21)11-13-7-5-4-6-8-13/h4-8,14H,3,9-11H2,1-2H3,(H,19,22)/t14-/m1/s1. The number of aryl methyl sites for hydroxylation is 2. The van der Waals surface area contributed by atoms with E-state index in [1.165, 1.54) is 0 Å². The minimum absolute atomic E-state index is 0.133. The van der Waals surface area contributed by atoms with Crippen molar-refractivity contribution in [3.05, 3.63) is 53.2 Å². The van der Waals surface area contributed by atoms with E-state index in [9.17, 15) is 9.59 Å². The number of rotatable bonds is 4. The smallest absolute Gasteiger partial charge is 0.292 e. The lowest BCUT2D eigenvalue weighted by Gasteiger charge is -2.34. The first kappa shape index (κ1) is 16.2. The van der Waals surface area contributed by atoms with Gasteiger partial charge in [-0.2, -0.15) is 0 Å². The van der Waals surface area contributed by atoms with E-state index in [1.54, 1.807) is 11.8 Å². The number of aromatic nitrogens is 1. The van der Waals surface area contributed by atoms with Crippen LogP contribution in [0.5, 0.6) is 0 Å². The molecule has 1 aromatic heterocycles. The number of piperazine rings is 1. The third kappa shape index (κ3) is 3.18. The van der Waals surface area contributed by atoms with Crippen molar-refractivity contribution < 1.29 is 14.0 Å². The summed E-state index contributed by atoms with van der Waals surface area (Å²) >= 11 is 0. The van der Waals surface area contributed by atoms with Gasteiger partial charge >= 0.3 is 0 Å². The Morgan fingerprint density at radius 2 is 2.12 bits per heavy atom. The van der Waals surface area contributed by atoms with Gasteiger partial charge in [0.25, 0.3) is 5.91 Å². The fraction of sp³-hybridized carbons (Fsp3) is 0.389. The summed E-state index contributed by atoms with van der Waals surface area (Å²) in [6, 6.07) is 9.16. The van der Waals surface area contributed by atoms with E-state index in [1.807, 2.05) is 37.3 Å². The molecule has 1 saturated heterocycles. The molecule has 1 fully saturated rings. The van der Waals surface area contributed by atoms with E-state index in [4.69, 9.17) is 4.42 Å². The van der Waals surface area contributed by atoms with Crippen molar-refractivity contribution in [2.75, 3.05) is 13.1 Å². The molecule has 1 N–H and O–H groups in total. The SMILES string of the molecule is CCc1nc(C)c(C(=O)N2CCNC(=O)[C@H]2Cc2ccccc2)o1. The van der Waals surface area contributed by atoms with Crippen LogP contribution in [0.25, 0.3) is 0 Å². The van der Waals surface area contributed by atoms with Gasteiger partial charge in [-0.05, 0) is 12.5 Å². The molecule has 0 spiro atoms. The van der Waals surface area contributed by atoms with Gasteiger partial charge in [-0.3, -0.25) is 9.59 Å². The zero-order chi connectivity index (χ0) is 17.1. The number of carbonyl (C=O) groups is 2. The van der Waals surface area contributed by atoms with Crippen molar-refractivity contribution in [3.8, 4) is 0 Å². The molecule has 0 unspecified atom stereocenters. The van der Waals surface area contributed by atoms with E-state index in [0.717, 1.165) is 5.56 Å². The quantitative estimate of drug-likeness (QED) is 0.928. The van der Waals surface area contributed by atoms with Gasteiger partial charge in [0.2, 0.25) is 11.7 Å². The van der Waals surface area contributed by atoms with Gasteiger partial charge in [0, 0.05) is 25.9 Å². The summed E-state index contributed by atoms with van der Waals surface area (Å²) in [7, 11) is 0. The third-order valence-electron chi connectivity index (χ3n) is 4.20. The first-order valence-electron chi connectivity index (χ1n) is 8.19. The summed E-state index contributed by atoms with van der Waals surface area (Å²) in [6.45, 7) is 4.59. The average Bonchev–Trinajstić information content (AvgIpc) is 2.98. The second kappa shape index (κ2) is 6.86. The minimum atomic E-state index is -0.539. The predicted octanol–water partition coefficient (Wildman–Crippen LogP) is 1.73. The third-order valence-corrected chi connectivity index (χ3v) is 4.20. The van der Waals surface area contributed by atoms with E-state index < -0.39 is 6.04 Å². The fourth-order valence-corrected chi connectivity index (χ4v) is 2.93. The van der Waals surface area contributed by atoms with Crippen LogP contribution in [0, 0.1) is 6.92 Å². The van der Waals surface area contributed by atoms with Crippen LogP contribution in [0.4, 0.5) is 0 Å². The van der Waals surface area contributed by atoms with Gasteiger partial charge in [0.1, 0.15) is 6.04 Å². The lowest BCUT2D eigenvalue weighted by molar-refractivity contribution is -0.127. The maximum Gasteiger partial charge on any atom is 0.292 e. The normalized spacial score (nSPS) is 17.7. The number of oxazole rings is 1. The van der Waals surface area contributed by atoms with Gasteiger partial charge in [0.15, 0.2) is 5.89 Å². The van der Waals surface area contributed by atoms with Crippen LogP contribution >= 0.6 is 0 Å². The largest absolute Gasteiger partial charge is 0.435 e. The van der Waals surface area contributed by atoms with Crippen molar-refractivity contribution >= 4 is 11.8 Å². The summed E-state index contributed by atoms with van der Waals surface area (Å²) in [6.07, 6.45) is 1.11.